The number of rotatable bonds is 6. The summed E-state index contributed by atoms with van der Waals surface area (Å²) in [6.45, 7) is 2.21. The molecule has 0 aliphatic carbocycles. The third-order valence-electron chi connectivity index (χ3n) is 2.99. The van der Waals surface area contributed by atoms with E-state index in [0.29, 0.717) is 6.54 Å². The molecular weight excluding hydrogens is 276 g/mol. The minimum Gasteiger partial charge on any atom is -0.481 e. The number of carbonyl (C=O) groups excluding carboxylic acids is 1. The van der Waals surface area contributed by atoms with Crippen LogP contribution < -0.4 is 5.32 Å². The van der Waals surface area contributed by atoms with Crippen LogP contribution in [-0.4, -0.2) is 46.2 Å². The summed E-state index contributed by atoms with van der Waals surface area (Å²) in [5.74, 6) is -2.67. The van der Waals surface area contributed by atoms with Gasteiger partial charge in [0.2, 0.25) is 0 Å². The maximum absolute atomic E-state index is 11.9. The second kappa shape index (κ2) is 7.28. The number of aryl methyl sites for hydroxylation is 1. The van der Waals surface area contributed by atoms with Gasteiger partial charge < -0.3 is 20.4 Å². The molecule has 7 nitrogen and oxygen atoms in total. The standard InChI is InChI=1S/C14H18N2O5/c1-9-5-3-4-6-10(9)8-16(2)14(21)15-11(13(19)20)7-12(17)18/h3-6,11H,7-8H2,1-2H3,(H,15,21)(H,17,18)(H,19,20). The van der Waals surface area contributed by atoms with Crippen LogP contribution in [0.25, 0.3) is 0 Å². The van der Waals surface area contributed by atoms with E-state index >= 15 is 0 Å². The molecule has 0 heterocycles. The number of carbonyl (C=O) groups is 3. The van der Waals surface area contributed by atoms with E-state index in [1.54, 1.807) is 0 Å². The molecule has 114 valence electrons. The van der Waals surface area contributed by atoms with Gasteiger partial charge in [0.1, 0.15) is 6.04 Å². The fourth-order valence-electron chi connectivity index (χ4n) is 1.75. The van der Waals surface area contributed by atoms with Crippen molar-refractivity contribution in [3.05, 3.63) is 35.4 Å². The van der Waals surface area contributed by atoms with Crippen LogP contribution >= 0.6 is 0 Å². The molecule has 21 heavy (non-hydrogen) atoms. The molecule has 0 spiro atoms. The first-order valence-corrected chi connectivity index (χ1v) is 6.32. The van der Waals surface area contributed by atoms with E-state index < -0.39 is 30.4 Å². The first-order chi connectivity index (χ1) is 9.81. The molecule has 0 aliphatic rings. The minimum absolute atomic E-state index is 0.303. The summed E-state index contributed by atoms with van der Waals surface area (Å²) in [4.78, 5) is 34.7. The lowest BCUT2D eigenvalue weighted by molar-refractivity contribution is -0.145. The third kappa shape index (κ3) is 5.13. The number of amides is 2. The van der Waals surface area contributed by atoms with E-state index in [0.717, 1.165) is 11.1 Å². The molecule has 1 rings (SSSR count). The van der Waals surface area contributed by atoms with E-state index in [1.165, 1.54) is 11.9 Å². The topological polar surface area (TPSA) is 107 Å². The van der Waals surface area contributed by atoms with Crippen molar-refractivity contribution < 1.29 is 24.6 Å². The summed E-state index contributed by atoms with van der Waals surface area (Å²) in [7, 11) is 1.52. The monoisotopic (exact) mass is 294 g/mol. The van der Waals surface area contributed by atoms with Crippen molar-refractivity contribution >= 4 is 18.0 Å². The molecule has 1 aromatic carbocycles. The minimum atomic E-state index is -1.45. The maximum atomic E-state index is 11.9. The number of hydrogen-bond acceptors (Lipinski definition) is 3. The largest absolute Gasteiger partial charge is 0.481 e. The van der Waals surface area contributed by atoms with Gasteiger partial charge in [-0.2, -0.15) is 0 Å². The molecule has 0 bridgehead atoms. The van der Waals surface area contributed by atoms with E-state index in [-0.39, 0.29) is 0 Å². The van der Waals surface area contributed by atoms with Gasteiger partial charge in [-0.15, -0.1) is 0 Å². The normalized spacial score (nSPS) is 11.5. The summed E-state index contributed by atoms with van der Waals surface area (Å²) in [6, 6.07) is 5.42. The number of nitrogens with zero attached hydrogens (tertiary/aromatic N) is 1. The van der Waals surface area contributed by atoms with Crippen molar-refractivity contribution in [2.24, 2.45) is 0 Å². The summed E-state index contributed by atoms with van der Waals surface area (Å²) in [5, 5.41) is 19.7. The SMILES string of the molecule is Cc1ccccc1CN(C)C(=O)NC(CC(=O)O)C(=O)O. The molecule has 0 aliphatic heterocycles. The Morgan fingerprint density at radius 3 is 2.38 bits per heavy atom. The van der Waals surface area contributed by atoms with Crippen molar-refractivity contribution in [3.8, 4) is 0 Å². The Morgan fingerprint density at radius 1 is 1.24 bits per heavy atom. The number of aliphatic carboxylic acids is 2. The van der Waals surface area contributed by atoms with Crippen LogP contribution in [0.15, 0.2) is 24.3 Å². The lowest BCUT2D eigenvalue weighted by Crippen LogP contribution is -2.47. The fraction of sp³-hybridized carbons (Fsp3) is 0.357. The Balaban J connectivity index is 2.67. The highest BCUT2D eigenvalue weighted by atomic mass is 16.4. The molecule has 0 saturated carbocycles. The third-order valence-corrected chi connectivity index (χ3v) is 2.99. The second-order valence-electron chi connectivity index (χ2n) is 4.72. The van der Waals surface area contributed by atoms with E-state index in [1.807, 2.05) is 31.2 Å². The molecule has 2 amide bonds. The Kier molecular flexibility index (Phi) is 5.71. The Morgan fingerprint density at radius 2 is 1.86 bits per heavy atom. The summed E-state index contributed by atoms with van der Waals surface area (Å²) >= 11 is 0. The fourth-order valence-corrected chi connectivity index (χ4v) is 1.75. The van der Waals surface area contributed by atoms with E-state index in [4.69, 9.17) is 10.2 Å². The molecule has 1 unspecified atom stereocenters. The Labute approximate surface area is 122 Å². The van der Waals surface area contributed by atoms with Gasteiger partial charge in [0.15, 0.2) is 0 Å². The van der Waals surface area contributed by atoms with Crippen LogP contribution in [0.4, 0.5) is 4.79 Å². The van der Waals surface area contributed by atoms with Gasteiger partial charge >= 0.3 is 18.0 Å². The van der Waals surface area contributed by atoms with Gasteiger partial charge in [-0.1, -0.05) is 24.3 Å². The van der Waals surface area contributed by atoms with Gasteiger partial charge in [-0.3, -0.25) is 4.79 Å². The second-order valence-corrected chi connectivity index (χ2v) is 4.72. The molecule has 1 atom stereocenters. The van der Waals surface area contributed by atoms with E-state index in [2.05, 4.69) is 5.32 Å². The number of urea groups is 1. The number of carboxylic acids is 2. The average Bonchev–Trinajstić information content (AvgIpc) is 2.39. The van der Waals surface area contributed by atoms with Crippen LogP contribution in [0.5, 0.6) is 0 Å². The summed E-state index contributed by atoms with van der Waals surface area (Å²) in [5.41, 5.74) is 1.94. The molecule has 0 aromatic heterocycles. The van der Waals surface area contributed by atoms with Gasteiger partial charge in [-0.05, 0) is 18.1 Å². The smallest absolute Gasteiger partial charge is 0.326 e. The van der Waals surface area contributed by atoms with Crippen LogP contribution in [0, 0.1) is 6.92 Å². The highest BCUT2D eigenvalue weighted by molar-refractivity contribution is 5.86. The van der Waals surface area contributed by atoms with E-state index in [9.17, 15) is 14.4 Å². The number of nitrogens with one attached hydrogen (secondary N) is 1. The zero-order valence-corrected chi connectivity index (χ0v) is 11.9. The molecule has 3 N–H and O–H groups in total. The lowest BCUT2D eigenvalue weighted by atomic mass is 10.1. The van der Waals surface area contributed by atoms with Crippen molar-refractivity contribution in [2.45, 2.75) is 25.9 Å². The highest BCUT2D eigenvalue weighted by Gasteiger charge is 2.24. The quantitative estimate of drug-likeness (QED) is 0.727. The van der Waals surface area contributed by atoms with Crippen molar-refractivity contribution in [1.29, 1.82) is 0 Å². The molecule has 1 aromatic rings. The van der Waals surface area contributed by atoms with Gasteiger partial charge in [0, 0.05) is 13.6 Å². The van der Waals surface area contributed by atoms with Crippen molar-refractivity contribution in [3.63, 3.8) is 0 Å². The number of hydrogen-bond donors (Lipinski definition) is 3. The maximum Gasteiger partial charge on any atom is 0.326 e. The predicted molar refractivity (Wildman–Crippen MR) is 74.9 cm³/mol. The van der Waals surface area contributed by atoms with Crippen LogP contribution in [-0.2, 0) is 16.1 Å². The lowest BCUT2D eigenvalue weighted by Gasteiger charge is -2.21. The molecular formula is C14H18N2O5. The molecule has 0 radical (unpaired) electrons. The average molecular weight is 294 g/mol. The zero-order chi connectivity index (χ0) is 16.0. The van der Waals surface area contributed by atoms with Crippen LogP contribution in [0.3, 0.4) is 0 Å². The molecule has 0 fully saturated rings. The highest BCUT2D eigenvalue weighted by Crippen LogP contribution is 2.09. The van der Waals surface area contributed by atoms with Gasteiger partial charge in [-0.25, -0.2) is 9.59 Å². The first kappa shape index (κ1) is 16.5. The number of carboxylic acid groups (broad SMARTS) is 2. The number of benzene rings is 1. The zero-order valence-electron chi connectivity index (χ0n) is 11.9. The van der Waals surface area contributed by atoms with Gasteiger partial charge in [0.05, 0.1) is 6.42 Å². The Hall–Kier alpha value is -2.57. The first-order valence-electron chi connectivity index (χ1n) is 6.32. The molecule has 0 saturated heterocycles. The summed E-state index contributed by atoms with van der Waals surface area (Å²) < 4.78 is 0. The predicted octanol–water partition coefficient (Wildman–Crippen LogP) is 1.06. The summed E-state index contributed by atoms with van der Waals surface area (Å²) in [6.07, 6.45) is -0.667. The van der Waals surface area contributed by atoms with Crippen molar-refractivity contribution in [2.75, 3.05) is 7.05 Å². The Bertz CT molecular complexity index is 544. The van der Waals surface area contributed by atoms with Crippen molar-refractivity contribution in [1.82, 2.24) is 10.2 Å². The van der Waals surface area contributed by atoms with Crippen LogP contribution in [0.2, 0.25) is 0 Å². The van der Waals surface area contributed by atoms with Gasteiger partial charge in [0.25, 0.3) is 0 Å². The molecule has 7 heteroatoms. The van der Waals surface area contributed by atoms with Crippen LogP contribution in [0.1, 0.15) is 17.5 Å².